The Morgan fingerprint density at radius 3 is 2.27 bits per heavy atom. The van der Waals surface area contributed by atoms with Gasteiger partial charge < -0.3 is 0 Å². The van der Waals surface area contributed by atoms with Crippen molar-refractivity contribution in [2.45, 2.75) is 33.1 Å². The summed E-state index contributed by atoms with van der Waals surface area (Å²) < 4.78 is 0. The van der Waals surface area contributed by atoms with E-state index in [0.717, 1.165) is 11.8 Å². The zero-order chi connectivity index (χ0) is 11.6. The van der Waals surface area contributed by atoms with Gasteiger partial charge in [0.15, 0.2) is 12.1 Å². The average Bonchev–Trinajstić information content (AvgIpc) is 2.15. The molecule has 0 N–H and O–H groups in total. The normalized spacial score (nSPS) is 11.2. The lowest BCUT2D eigenvalue weighted by Crippen LogP contribution is -2.12. The number of carbonyl (C=O) groups is 2. The van der Waals surface area contributed by atoms with Crippen molar-refractivity contribution in [1.82, 2.24) is 0 Å². The fraction of sp³-hybridized carbons (Fsp3) is 0.385. The van der Waals surface area contributed by atoms with Crippen LogP contribution in [0.2, 0.25) is 0 Å². The van der Waals surface area contributed by atoms with E-state index in [1.165, 1.54) is 6.92 Å². The Bertz CT molecular complexity index is 397. The summed E-state index contributed by atoms with van der Waals surface area (Å²) >= 11 is 0. The van der Waals surface area contributed by atoms with E-state index in [-0.39, 0.29) is 11.2 Å². The van der Waals surface area contributed by atoms with E-state index >= 15 is 0 Å². The third-order valence-corrected chi connectivity index (χ3v) is 2.42. The molecule has 0 saturated heterocycles. The van der Waals surface area contributed by atoms with Crippen molar-refractivity contribution in [3.05, 3.63) is 34.9 Å². The van der Waals surface area contributed by atoms with Gasteiger partial charge in [-0.15, -0.1) is 0 Å². The molecule has 1 aromatic carbocycles. The number of rotatable bonds is 2. The monoisotopic (exact) mass is 204 g/mol. The largest absolute Gasteiger partial charge is 0.298 e. The van der Waals surface area contributed by atoms with Gasteiger partial charge in [-0.1, -0.05) is 32.9 Å². The zero-order valence-electron chi connectivity index (χ0n) is 9.63. The van der Waals surface area contributed by atoms with Gasteiger partial charge in [-0.2, -0.15) is 0 Å². The molecular weight excluding hydrogens is 188 g/mol. The molecule has 2 nitrogen and oxygen atoms in total. The van der Waals surface area contributed by atoms with E-state index in [0.29, 0.717) is 11.1 Å². The van der Waals surface area contributed by atoms with Crippen molar-refractivity contribution in [1.29, 1.82) is 0 Å². The fourth-order valence-corrected chi connectivity index (χ4v) is 1.45. The molecule has 2 heteroatoms. The van der Waals surface area contributed by atoms with Gasteiger partial charge in [0, 0.05) is 11.1 Å². The first-order valence-electron chi connectivity index (χ1n) is 4.97. The van der Waals surface area contributed by atoms with Gasteiger partial charge in [0.25, 0.3) is 0 Å². The molecule has 0 heterocycles. The van der Waals surface area contributed by atoms with Gasteiger partial charge in [-0.3, -0.25) is 9.59 Å². The van der Waals surface area contributed by atoms with Crippen LogP contribution in [-0.4, -0.2) is 12.1 Å². The Hall–Kier alpha value is -1.44. The van der Waals surface area contributed by atoms with E-state index in [9.17, 15) is 9.59 Å². The number of carbonyl (C=O) groups excluding carboxylic acids is 2. The lowest BCUT2D eigenvalue weighted by atomic mass is 9.85. The van der Waals surface area contributed by atoms with Crippen molar-refractivity contribution in [3.63, 3.8) is 0 Å². The predicted molar refractivity (Wildman–Crippen MR) is 60.5 cm³/mol. The van der Waals surface area contributed by atoms with Gasteiger partial charge in [0.2, 0.25) is 0 Å². The highest BCUT2D eigenvalue weighted by atomic mass is 16.1. The second-order valence-electron chi connectivity index (χ2n) is 4.73. The molecule has 0 aliphatic rings. The van der Waals surface area contributed by atoms with Crippen LogP contribution in [-0.2, 0) is 5.41 Å². The predicted octanol–water partition coefficient (Wildman–Crippen LogP) is 3.00. The smallest absolute Gasteiger partial charge is 0.160 e. The minimum Gasteiger partial charge on any atom is -0.298 e. The first-order chi connectivity index (χ1) is 6.86. The van der Waals surface area contributed by atoms with Crippen molar-refractivity contribution < 1.29 is 9.59 Å². The van der Waals surface area contributed by atoms with E-state index in [1.807, 2.05) is 6.07 Å². The van der Waals surface area contributed by atoms with E-state index in [2.05, 4.69) is 20.8 Å². The van der Waals surface area contributed by atoms with Gasteiger partial charge >= 0.3 is 0 Å². The summed E-state index contributed by atoms with van der Waals surface area (Å²) in [5.74, 6) is -0.0717. The zero-order valence-corrected chi connectivity index (χ0v) is 9.63. The van der Waals surface area contributed by atoms with Crippen molar-refractivity contribution in [3.8, 4) is 0 Å². The number of hydrogen-bond donors (Lipinski definition) is 0. The highest BCUT2D eigenvalue weighted by Gasteiger charge is 2.16. The Morgan fingerprint density at radius 1 is 1.27 bits per heavy atom. The summed E-state index contributed by atoms with van der Waals surface area (Å²) in [5, 5.41) is 0. The van der Waals surface area contributed by atoms with Crippen LogP contribution in [0, 0.1) is 0 Å². The summed E-state index contributed by atoms with van der Waals surface area (Å²) in [4.78, 5) is 22.1. The number of benzene rings is 1. The molecule has 0 unspecified atom stereocenters. The Morgan fingerprint density at radius 2 is 1.87 bits per heavy atom. The van der Waals surface area contributed by atoms with Crippen molar-refractivity contribution >= 4 is 12.1 Å². The van der Waals surface area contributed by atoms with E-state index < -0.39 is 0 Å². The van der Waals surface area contributed by atoms with Crippen LogP contribution in [0.4, 0.5) is 0 Å². The molecule has 0 fully saturated rings. The van der Waals surface area contributed by atoms with Gasteiger partial charge in [-0.25, -0.2) is 0 Å². The Kier molecular flexibility index (Phi) is 3.08. The van der Waals surface area contributed by atoms with Crippen LogP contribution in [0.1, 0.15) is 54.0 Å². The molecular formula is C13H16O2. The molecule has 15 heavy (non-hydrogen) atoms. The van der Waals surface area contributed by atoms with Crippen LogP contribution in [0.25, 0.3) is 0 Å². The minimum absolute atomic E-state index is 0.00687. The summed E-state index contributed by atoms with van der Waals surface area (Å²) in [6, 6.07) is 5.43. The Labute approximate surface area is 90.3 Å². The first-order valence-corrected chi connectivity index (χ1v) is 4.97. The number of Topliss-reactive ketones (excluding diaryl/α,β-unsaturated/α-hetero) is 1. The summed E-state index contributed by atoms with van der Waals surface area (Å²) in [7, 11) is 0. The SMILES string of the molecule is CC(=O)c1ccc(C(C)(C)C)cc1C=O. The molecule has 0 bridgehead atoms. The maximum atomic E-state index is 11.2. The van der Waals surface area contributed by atoms with Crippen LogP contribution >= 0.6 is 0 Å². The molecule has 0 aliphatic heterocycles. The standard InChI is InChI=1S/C13H16O2/c1-9(15)12-6-5-11(13(2,3)4)7-10(12)8-14/h5-8H,1-4H3. The van der Waals surface area contributed by atoms with Gasteiger partial charge in [-0.05, 0) is 24.0 Å². The molecule has 0 saturated carbocycles. The number of ketones is 1. The highest BCUT2D eigenvalue weighted by Crippen LogP contribution is 2.24. The number of aldehydes is 1. The fourth-order valence-electron chi connectivity index (χ4n) is 1.45. The third kappa shape index (κ3) is 2.52. The lowest BCUT2D eigenvalue weighted by molar-refractivity contribution is 0.100. The average molecular weight is 204 g/mol. The molecule has 0 aromatic heterocycles. The van der Waals surface area contributed by atoms with Crippen LogP contribution < -0.4 is 0 Å². The first kappa shape index (κ1) is 11.6. The molecule has 0 amide bonds. The molecule has 0 spiro atoms. The van der Waals surface area contributed by atoms with Crippen molar-refractivity contribution in [2.24, 2.45) is 0 Å². The quantitative estimate of drug-likeness (QED) is 0.548. The van der Waals surface area contributed by atoms with Gasteiger partial charge in [0.05, 0.1) is 0 Å². The van der Waals surface area contributed by atoms with Crippen LogP contribution in [0.15, 0.2) is 18.2 Å². The van der Waals surface area contributed by atoms with Crippen molar-refractivity contribution in [2.75, 3.05) is 0 Å². The minimum atomic E-state index is -0.0717. The second-order valence-corrected chi connectivity index (χ2v) is 4.73. The topological polar surface area (TPSA) is 34.1 Å². The van der Waals surface area contributed by atoms with E-state index in [4.69, 9.17) is 0 Å². The summed E-state index contributed by atoms with van der Waals surface area (Å²) in [6.07, 6.45) is 0.742. The third-order valence-electron chi connectivity index (χ3n) is 2.42. The van der Waals surface area contributed by atoms with Crippen LogP contribution in [0.5, 0.6) is 0 Å². The van der Waals surface area contributed by atoms with Crippen LogP contribution in [0.3, 0.4) is 0 Å². The Balaban J connectivity index is 3.31. The summed E-state index contributed by atoms with van der Waals surface area (Å²) in [6.45, 7) is 7.69. The highest BCUT2D eigenvalue weighted by molar-refractivity contribution is 6.01. The number of hydrogen-bond acceptors (Lipinski definition) is 2. The van der Waals surface area contributed by atoms with E-state index in [1.54, 1.807) is 12.1 Å². The van der Waals surface area contributed by atoms with Gasteiger partial charge in [0.1, 0.15) is 0 Å². The molecule has 1 rings (SSSR count). The molecule has 80 valence electrons. The second kappa shape index (κ2) is 3.97. The molecule has 1 aromatic rings. The molecule has 0 atom stereocenters. The molecule has 0 aliphatic carbocycles. The maximum absolute atomic E-state index is 11.2. The molecule has 0 radical (unpaired) electrons. The lowest BCUT2D eigenvalue weighted by Gasteiger charge is -2.19. The maximum Gasteiger partial charge on any atom is 0.160 e. The summed E-state index contributed by atoms with van der Waals surface area (Å²) in [5.41, 5.74) is 2.04.